The number of benzene rings is 3. The molecule has 0 aliphatic carbocycles. The Hall–Kier alpha value is -2.89. The maximum atomic E-state index is 12.4. The number of aryl methyl sites for hydroxylation is 1. The van der Waals surface area contributed by atoms with Gasteiger partial charge in [0.2, 0.25) is 5.91 Å². The van der Waals surface area contributed by atoms with E-state index in [1.807, 2.05) is 79.7 Å². The van der Waals surface area contributed by atoms with Gasteiger partial charge in [-0.3, -0.25) is 4.79 Å². The maximum absolute atomic E-state index is 12.4. The van der Waals surface area contributed by atoms with E-state index in [0.717, 1.165) is 32.7 Å². The van der Waals surface area contributed by atoms with Crippen LogP contribution in [0.3, 0.4) is 0 Å². The molecule has 0 aliphatic rings. The lowest BCUT2D eigenvalue weighted by atomic mass is 10.2. The Balaban J connectivity index is 1.60. The summed E-state index contributed by atoms with van der Waals surface area (Å²) in [6, 6.07) is 23.0. The van der Waals surface area contributed by atoms with Crippen LogP contribution in [0.1, 0.15) is 5.56 Å². The van der Waals surface area contributed by atoms with E-state index in [1.165, 1.54) is 11.8 Å². The number of amides is 1. The third-order valence-electron chi connectivity index (χ3n) is 4.33. The van der Waals surface area contributed by atoms with E-state index in [-0.39, 0.29) is 11.7 Å². The van der Waals surface area contributed by atoms with Crippen LogP contribution >= 0.6 is 23.4 Å². The van der Waals surface area contributed by atoms with Gasteiger partial charge in [0.05, 0.1) is 11.3 Å². The SMILES string of the molecule is Cc1ccc(NC(=O)CSc2nc(-c3ccccc3)nc3ccc(Cl)cc23)cc1. The molecule has 4 aromatic rings. The van der Waals surface area contributed by atoms with Crippen LogP contribution < -0.4 is 5.32 Å². The molecule has 4 rings (SSSR count). The minimum atomic E-state index is -0.0890. The van der Waals surface area contributed by atoms with Crippen molar-refractivity contribution in [1.82, 2.24) is 9.97 Å². The second kappa shape index (κ2) is 8.64. The Morgan fingerprint density at radius 3 is 2.52 bits per heavy atom. The molecular weight excluding hydrogens is 402 g/mol. The number of thioether (sulfide) groups is 1. The number of carbonyl (C=O) groups is 1. The summed E-state index contributed by atoms with van der Waals surface area (Å²) in [4.78, 5) is 21.8. The molecule has 0 unspecified atom stereocenters. The molecule has 4 nitrogen and oxygen atoms in total. The van der Waals surface area contributed by atoms with Crippen LogP contribution in [0.15, 0.2) is 77.8 Å². The molecule has 0 saturated carbocycles. The Bertz CT molecular complexity index is 1160. The van der Waals surface area contributed by atoms with E-state index in [2.05, 4.69) is 10.3 Å². The molecule has 1 heterocycles. The number of carbonyl (C=O) groups excluding carboxylic acids is 1. The highest BCUT2D eigenvalue weighted by Gasteiger charge is 2.12. The first kappa shape index (κ1) is 19.4. The largest absolute Gasteiger partial charge is 0.325 e. The van der Waals surface area contributed by atoms with Gasteiger partial charge in [-0.2, -0.15) is 0 Å². The molecule has 6 heteroatoms. The highest BCUT2D eigenvalue weighted by atomic mass is 35.5. The van der Waals surface area contributed by atoms with Crippen LogP contribution in [-0.4, -0.2) is 21.6 Å². The molecule has 0 saturated heterocycles. The maximum Gasteiger partial charge on any atom is 0.234 e. The van der Waals surface area contributed by atoms with Crippen LogP contribution in [0, 0.1) is 6.92 Å². The summed E-state index contributed by atoms with van der Waals surface area (Å²) < 4.78 is 0. The lowest BCUT2D eigenvalue weighted by Crippen LogP contribution is -2.14. The number of anilines is 1. The van der Waals surface area contributed by atoms with Crippen molar-refractivity contribution >= 4 is 45.9 Å². The summed E-state index contributed by atoms with van der Waals surface area (Å²) in [7, 11) is 0. The van der Waals surface area contributed by atoms with E-state index in [0.29, 0.717) is 10.8 Å². The zero-order chi connectivity index (χ0) is 20.2. The van der Waals surface area contributed by atoms with Gasteiger partial charge in [-0.1, -0.05) is 71.4 Å². The van der Waals surface area contributed by atoms with Crippen LogP contribution in [0.5, 0.6) is 0 Å². The average Bonchev–Trinajstić information content (AvgIpc) is 2.74. The zero-order valence-corrected chi connectivity index (χ0v) is 17.3. The number of nitrogens with one attached hydrogen (secondary N) is 1. The predicted molar refractivity (Wildman–Crippen MR) is 121 cm³/mol. The van der Waals surface area contributed by atoms with Crippen molar-refractivity contribution in [3.05, 3.63) is 83.4 Å². The summed E-state index contributed by atoms with van der Waals surface area (Å²) in [5, 5.41) is 5.10. The van der Waals surface area contributed by atoms with Crippen LogP contribution in [0.4, 0.5) is 5.69 Å². The first-order valence-electron chi connectivity index (χ1n) is 9.10. The predicted octanol–water partition coefficient (Wildman–Crippen LogP) is 5.99. The van der Waals surface area contributed by atoms with Gasteiger partial charge in [0.15, 0.2) is 5.82 Å². The first-order chi connectivity index (χ1) is 14.1. The molecule has 0 fully saturated rings. The quantitative estimate of drug-likeness (QED) is 0.319. The number of nitrogens with zero attached hydrogens (tertiary/aromatic N) is 2. The second-order valence-corrected chi connectivity index (χ2v) is 7.98. The number of rotatable bonds is 5. The van der Waals surface area contributed by atoms with Crippen molar-refractivity contribution in [2.24, 2.45) is 0 Å². The molecule has 3 aromatic carbocycles. The van der Waals surface area contributed by atoms with Gasteiger partial charge in [-0.05, 0) is 37.3 Å². The van der Waals surface area contributed by atoms with Crippen LogP contribution in [-0.2, 0) is 4.79 Å². The van der Waals surface area contributed by atoms with E-state index in [9.17, 15) is 4.79 Å². The van der Waals surface area contributed by atoms with Crippen molar-refractivity contribution < 1.29 is 4.79 Å². The first-order valence-corrected chi connectivity index (χ1v) is 10.5. The summed E-state index contributed by atoms with van der Waals surface area (Å²) in [5.74, 6) is 0.775. The number of halogens is 1. The van der Waals surface area contributed by atoms with Crippen molar-refractivity contribution in [2.75, 3.05) is 11.1 Å². The monoisotopic (exact) mass is 419 g/mol. The minimum Gasteiger partial charge on any atom is -0.325 e. The van der Waals surface area contributed by atoms with Gasteiger partial charge in [0.1, 0.15) is 5.03 Å². The number of fused-ring (bicyclic) bond motifs is 1. The lowest BCUT2D eigenvalue weighted by molar-refractivity contribution is -0.113. The fourth-order valence-electron chi connectivity index (χ4n) is 2.87. The van der Waals surface area contributed by atoms with Gasteiger partial charge in [0.25, 0.3) is 0 Å². The normalized spacial score (nSPS) is 10.8. The van der Waals surface area contributed by atoms with Gasteiger partial charge < -0.3 is 5.32 Å². The number of hydrogen-bond donors (Lipinski definition) is 1. The molecule has 29 heavy (non-hydrogen) atoms. The Kier molecular flexibility index (Phi) is 5.79. The molecule has 0 spiro atoms. The van der Waals surface area contributed by atoms with Gasteiger partial charge in [0, 0.05) is 21.7 Å². The third-order valence-corrected chi connectivity index (χ3v) is 5.56. The summed E-state index contributed by atoms with van der Waals surface area (Å²) in [6.45, 7) is 2.01. The van der Waals surface area contributed by atoms with E-state index in [1.54, 1.807) is 0 Å². The highest BCUT2D eigenvalue weighted by Crippen LogP contribution is 2.30. The van der Waals surface area contributed by atoms with Crippen molar-refractivity contribution in [3.8, 4) is 11.4 Å². The number of hydrogen-bond acceptors (Lipinski definition) is 4. The molecule has 0 aliphatic heterocycles. The molecule has 1 amide bonds. The second-order valence-electron chi connectivity index (χ2n) is 6.58. The Morgan fingerprint density at radius 1 is 1.00 bits per heavy atom. The zero-order valence-electron chi connectivity index (χ0n) is 15.7. The van der Waals surface area contributed by atoms with Gasteiger partial charge >= 0.3 is 0 Å². The molecule has 1 N–H and O–H groups in total. The minimum absolute atomic E-state index is 0.0890. The van der Waals surface area contributed by atoms with Gasteiger partial charge in [-0.25, -0.2) is 9.97 Å². The van der Waals surface area contributed by atoms with E-state index < -0.39 is 0 Å². The van der Waals surface area contributed by atoms with E-state index in [4.69, 9.17) is 16.6 Å². The molecule has 0 atom stereocenters. The standard InChI is InChI=1S/C23H18ClN3OS/c1-15-7-10-18(11-8-15)25-21(28)14-29-23-19-13-17(24)9-12-20(19)26-22(27-23)16-5-3-2-4-6-16/h2-13H,14H2,1H3,(H,25,28). The summed E-state index contributed by atoms with van der Waals surface area (Å²) in [6.07, 6.45) is 0. The van der Waals surface area contributed by atoms with Crippen molar-refractivity contribution in [1.29, 1.82) is 0 Å². The molecule has 0 bridgehead atoms. The van der Waals surface area contributed by atoms with Gasteiger partial charge in [-0.15, -0.1) is 0 Å². The average molecular weight is 420 g/mol. The molecule has 0 radical (unpaired) electrons. The van der Waals surface area contributed by atoms with Crippen LogP contribution in [0.2, 0.25) is 5.02 Å². The highest BCUT2D eigenvalue weighted by molar-refractivity contribution is 8.00. The fraction of sp³-hybridized carbons (Fsp3) is 0.0870. The van der Waals surface area contributed by atoms with Crippen molar-refractivity contribution in [2.45, 2.75) is 11.9 Å². The third kappa shape index (κ3) is 4.75. The molecule has 1 aromatic heterocycles. The topological polar surface area (TPSA) is 54.9 Å². The fourth-order valence-corrected chi connectivity index (χ4v) is 3.85. The summed E-state index contributed by atoms with van der Waals surface area (Å²) >= 11 is 7.56. The Labute approximate surface area is 178 Å². The number of aromatic nitrogens is 2. The smallest absolute Gasteiger partial charge is 0.234 e. The molecular formula is C23H18ClN3OS. The lowest BCUT2D eigenvalue weighted by Gasteiger charge is -2.10. The molecule has 144 valence electrons. The van der Waals surface area contributed by atoms with E-state index >= 15 is 0 Å². The summed E-state index contributed by atoms with van der Waals surface area (Å²) in [5.41, 5.74) is 3.65. The van der Waals surface area contributed by atoms with Crippen molar-refractivity contribution in [3.63, 3.8) is 0 Å². The Morgan fingerprint density at radius 2 is 1.76 bits per heavy atom. The van der Waals surface area contributed by atoms with Crippen LogP contribution in [0.25, 0.3) is 22.3 Å².